The molecule has 3 N–H and O–H groups in total. The molecular formula is C14H20N2O4. The van der Waals surface area contributed by atoms with Crippen molar-refractivity contribution in [3.63, 3.8) is 0 Å². The molecule has 0 aliphatic carbocycles. The van der Waals surface area contributed by atoms with E-state index in [2.05, 4.69) is 5.32 Å². The SMILES string of the molecule is COc1ccc(C)cc1NC(=O)CN1CC(O)C(O)C1. The Kier molecular flexibility index (Phi) is 4.59. The van der Waals surface area contributed by atoms with Gasteiger partial charge in [-0.1, -0.05) is 6.07 Å². The Morgan fingerprint density at radius 2 is 2.05 bits per heavy atom. The third-order valence-electron chi connectivity index (χ3n) is 3.33. The third kappa shape index (κ3) is 3.47. The van der Waals surface area contributed by atoms with Gasteiger partial charge in [-0.3, -0.25) is 9.69 Å². The zero-order valence-electron chi connectivity index (χ0n) is 11.7. The normalized spacial score (nSPS) is 22.8. The maximum absolute atomic E-state index is 12.0. The van der Waals surface area contributed by atoms with Gasteiger partial charge in [0.2, 0.25) is 5.91 Å². The van der Waals surface area contributed by atoms with Gasteiger partial charge in [0.15, 0.2) is 0 Å². The van der Waals surface area contributed by atoms with Gasteiger partial charge >= 0.3 is 0 Å². The van der Waals surface area contributed by atoms with E-state index in [4.69, 9.17) is 4.74 Å². The van der Waals surface area contributed by atoms with Crippen LogP contribution in [0.5, 0.6) is 5.75 Å². The molecule has 0 spiro atoms. The lowest BCUT2D eigenvalue weighted by Gasteiger charge is -2.16. The van der Waals surface area contributed by atoms with E-state index in [1.54, 1.807) is 18.1 Å². The first-order valence-electron chi connectivity index (χ1n) is 6.52. The summed E-state index contributed by atoms with van der Waals surface area (Å²) in [5.41, 5.74) is 1.64. The number of aryl methyl sites for hydroxylation is 1. The molecule has 6 nitrogen and oxygen atoms in total. The number of rotatable bonds is 4. The van der Waals surface area contributed by atoms with Crippen molar-refractivity contribution >= 4 is 11.6 Å². The molecule has 1 amide bonds. The molecule has 2 rings (SSSR count). The number of aliphatic hydroxyl groups is 2. The van der Waals surface area contributed by atoms with Crippen LogP contribution < -0.4 is 10.1 Å². The second-order valence-electron chi connectivity index (χ2n) is 5.08. The highest BCUT2D eigenvalue weighted by Gasteiger charge is 2.30. The number of amides is 1. The molecule has 2 atom stereocenters. The summed E-state index contributed by atoms with van der Waals surface area (Å²) in [5, 5.41) is 21.7. The average molecular weight is 280 g/mol. The van der Waals surface area contributed by atoms with Crippen molar-refractivity contribution in [2.45, 2.75) is 19.1 Å². The minimum Gasteiger partial charge on any atom is -0.495 e. The van der Waals surface area contributed by atoms with Crippen molar-refractivity contribution in [1.29, 1.82) is 0 Å². The van der Waals surface area contributed by atoms with Crippen LogP contribution in [0, 0.1) is 6.92 Å². The minimum absolute atomic E-state index is 0.130. The van der Waals surface area contributed by atoms with E-state index in [9.17, 15) is 15.0 Å². The van der Waals surface area contributed by atoms with E-state index >= 15 is 0 Å². The lowest BCUT2D eigenvalue weighted by molar-refractivity contribution is -0.117. The number of carbonyl (C=O) groups excluding carboxylic acids is 1. The summed E-state index contributed by atoms with van der Waals surface area (Å²) in [6, 6.07) is 5.54. The van der Waals surface area contributed by atoms with Crippen molar-refractivity contribution in [1.82, 2.24) is 4.90 Å². The molecule has 1 aromatic carbocycles. The molecule has 1 saturated heterocycles. The number of methoxy groups -OCH3 is 1. The molecular weight excluding hydrogens is 260 g/mol. The summed E-state index contributed by atoms with van der Waals surface area (Å²) >= 11 is 0. The Morgan fingerprint density at radius 3 is 2.65 bits per heavy atom. The van der Waals surface area contributed by atoms with Crippen molar-refractivity contribution in [2.24, 2.45) is 0 Å². The van der Waals surface area contributed by atoms with Gasteiger partial charge in [-0.15, -0.1) is 0 Å². The van der Waals surface area contributed by atoms with E-state index in [1.807, 2.05) is 19.1 Å². The number of β-amino-alcohol motifs (C(OH)–C–C–N with tert-alkyl or cyclic N) is 2. The van der Waals surface area contributed by atoms with Crippen LogP contribution in [-0.4, -0.2) is 60.0 Å². The molecule has 2 unspecified atom stereocenters. The number of likely N-dealkylation sites (tertiary alicyclic amines) is 1. The minimum atomic E-state index is -0.781. The molecule has 1 fully saturated rings. The van der Waals surface area contributed by atoms with Crippen molar-refractivity contribution < 1.29 is 19.7 Å². The first-order chi connectivity index (χ1) is 9.49. The van der Waals surface area contributed by atoms with Gasteiger partial charge in [0.05, 0.1) is 31.5 Å². The second kappa shape index (κ2) is 6.21. The summed E-state index contributed by atoms with van der Waals surface area (Å²) in [5.74, 6) is 0.403. The summed E-state index contributed by atoms with van der Waals surface area (Å²) in [6.07, 6.45) is -1.56. The lowest BCUT2D eigenvalue weighted by atomic mass is 10.2. The number of aliphatic hydroxyl groups excluding tert-OH is 2. The first kappa shape index (κ1) is 14.8. The summed E-state index contributed by atoms with van der Waals surface area (Å²) < 4.78 is 5.20. The fourth-order valence-corrected chi connectivity index (χ4v) is 2.29. The molecule has 1 aromatic rings. The van der Waals surface area contributed by atoms with Crippen molar-refractivity contribution in [3.05, 3.63) is 23.8 Å². The van der Waals surface area contributed by atoms with Crippen LogP contribution in [0.25, 0.3) is 0 Å². The highest BCUT2D eigenvalue weighted by molar-refractivity contribution is 5.93. The largest absolute Gasteiger partial charge is 0.495 e. The quantitative estimate of drug-likeness (QED) is 0.722. The van der Waals surface area contributed by atoms with E-state index in [1.165, 1.54) is 0 Å². The number of carbonyl (C=O) groups is 1. The lowest BCUT2D eigenvalue weighted by Crippen LogP contribution is -2.32. The molecule has 20 heavy (non-hydrogen) atoms. The highest BCUT2D eigenvalue weighted by Crippen LogP contribution is 2.25. The standard InChI is InChI=1S/C14H20N2O4/c1-9-3-4-13(20-2)10(5-9)15-14(19)8-16-6-11(17)12(18)7-16/h3-5,11-12,17-18H,6-8H2,1-2H3,(H,15,19). The van der Waals surface area contributed by atoms with Crippen LogP contribution >= 0.6 is 0 Å². The molecule has 1 aliphatic heterocycles. The Morgan fingerprint density at radius 1 is 1.40 bits per heavy atom. The van der Waals surface area contributed by atoms with Gasteiger partial charge in [0.1, 0.15) is 5.75 Å². The number of ether oxygens (including phenoxy) is 1. The maximum atomic E-state index is 12.0. The van der Waals surface area contributed by atoms with Crippen LogP contribution in [0.1, 0.15) is 5.56 Å². The number of nitrogens with zero attached hydrogens (tertiary/aromatic N) is 1. The molecule has 1 heterocycles. The Balaban J connectivity index is 1.96. The van der Waals surface area contributed by atoms with Crippen LogP contribution in [-0.2, 0) is 4.79 Å². The molecule has 0 bridgehead atoms. The van der Waals surface area contributed by atoms with Gasteiger partial charge in [-0.2, -0.15) is 0 Å². The zero-order valence-corrected chi connectivity index (χ0v) is 11.7. The van der Waals surface area contributed by atoms with Gasteiger partial charge in [0, 0.05) is 13.1 Å². The molecule has 0 radical (unpaired) electrons. The van der Waals surface area contributed by atoms with Crippen LogP contribution in [0.15, 0.2) is 18.2 Å². The van der Waals surface area contributed by atoms with Crippen LogP contribution in [0.4, 0.5) is 5.69 Å². The van der Waals surface area contributed by atoms with Crippen molar-refractivity contribution in [2.75, 3.05) is 32.1 Å². The topological polar surface area (TPSA) is 82.0 Å². The number of anilines is 1. The van der Waals surface area contributed by atoms with Crippen LogP contribution in [0.2, 0.25) is 0 Å². The van der Waals surface area contributed by atoms with Gasteiger partial charge < -0.3 is 20.3 Å². The Labute approximate surface area is 118 Å². The van der Waals surface area contributed by atoms with Gasteiger partial charge in [0.25, 0.3) is 0 Å². The van der Waals surface area contributed by atoms with E-state index in [-0.39, 0.29) is 12.5 Å². The van der Waals surface area contributed by atoms with E-state index in [0.29, 0.717) is 24.5 Å². The number of hydrogen-bond donors (Lipinski definition) is 3. The Bertz CT molecular complexity index is 482. The predicted octanol–water partition coefficient (Wildman–Crippen LogP) is -0.0205. The smallest absolute Gasteiger partial charge is 0.238 e. The van der Waals surface area contributed by atoms with Crippen molar-refractivity contribution in [3.8, 4) is 5.75 Å². The third-order valence-corrected chi connectivity index (χ3v) is 3.33. The number of nitrogens with one attached hydrogen (secondary N) is 1. The predicted molar refractivity (Wildman–Crippen MR) is 74.8 cm³/mol. The summed E-state index contributed by atoms with van der Waals surface area (Å²) in [7, 11) is 1.55. The summed E-state index contributed by atoms with van der Waals surface area (Å²) in [6.45, 7) is 2.67. The number of hydrogen-bond acceptors (Lipinski definition) is 5. The fraction of sp³-hybridized carbons (Fsp3) is 0.500. The second-order valence-corrected chi connectivity index (χ2v) is 5.08. The molecule has 0 aromatic heterocycles. The van der Waals surface area contributed by atoms with Gasteiger partial charge in [-0.25, -0.2) is 0 Å². The molecule has 110 valence electrons. The first-order valence-corrected chi connectivity index (χ1v) is 6.52. The monoisotopic (exact) mass is 280 g/mol. The fourth-order valence-electron chi connectivity index (χ4n) is 2.29. The summed E-state index contributed by atoms with van der Waals surface area (Å²) in [4.78, 5) is 13.7. The van der Waals surface area contributed by atoms with Crippen LogP contribution in [0.3, 0.4) is 0 Å². The highest BCUT2D eigenvalue weighted by atomic mass is 16.5. The number of benzene rings is 1. The van der Waals surface area contributed by atoms with E-state index < -0.39 is 12.2 Å². The molecule has 0 saturated carbocycles. The maximum Gasteiger partial charge on any atom is 0.238 e. The molecule has 1 aliphatic rings. The average Bonchev–Trinajstić information content (AvgIpc) is 2.68. The zero-order chi connectivity index (χ0) is 14.7. The Hall–Kier alpha value is -1.63. The van der Waals surface area contributed by atoms with Gasteiger partial charge in [-0.05, 0) is 24.6 Å². The van der Waals surface area contributed by atoms with E-state index in [0.717, 1.165) is 5.56 Å². The molecule has 6 heteroatoms.